The summed E-state index contributed by atoms with van der Waals surface area (Å²) in [6, 6.07) is 5.65. The van der Waals surface area contributed by atoms with Gasteiger partial charge in [-0.25, -0.2) is 18.2 Å². The van der Waals surface area contributed by atoms with Crippen LogP contribution in [0.4, 0.5) is 13.2 Å². The van der Waals surface area contributed by atoms with E-state index in [4.69, 9.17) is 9.47 Å². The molecule has 0 aliphatic carbocycles. The molecule has 0 spiro atoms. The summed E-state index contributed by atoms with van der Waals surface area (Å²) in [7, 11) is 1.85. The van der Waals surface area contributed by atoms with Crippen molar-refractivity contribution in [1.29, 1.82) is 0 Å². The van der Waals surface area contributed by atoms with Crippen LogP contribution in [0.25, 0.3) is 10.9 Å². The lowest BCUT2D eigenvalue weighted by molar-refractivity contribution is -0.0250. The first-order chi connectivity index (χ1) is 18.1. The number of Topliss-reactive ketones (excluding diaryl/α,β-unsaturated/α-hetero) is 1. The van der Waals surface area contributed by atoms with Gasteiger partial charge >= 0.3 is 0 Å². The lowest BCUT2D eigenvalue weighted by Crippen LogP contribution is -2.34. The lowest BCUT2D eigenvalue weighted by Gasteiger charge is -2.30. The summed E-state index contributed by atoms with van der Waals surface area (Å²) in [6.07, 6.45) is 4.35. The van der Waals surface area contributed by atoms with Crippen LogP contribution in [0.3, 0.4) is 0 Å². The summed E-state index contributed by atoms with van der Waals surface area (Å²) in [5.74, 6) is -2.65. The minimum Gasteiger partial charge on any atom is -0.464 e. The molecule has 3 atom stereocenters. The molecule has 0 saturated carbocycles. The summed E-state index contributed by atoms with van der Waals surface area (Å²) < 4.78 is 54.0. The highest BCUT2D eigenvalue weighted by atomic mass is 32.1. The SMILES string of the molecule is Cn1cc2c(C(=O)C[C@H]3CC[C@H](CCN4CCc5sc(OCC(C)(F)F)nc5C(F)C4)OC3)cccc2n1. The zero-order valence-corrected chi connectivity index (χ0v) is 22.5. The Balaban J connectivity index is 1.06. The molecule has 1 fully saturated rings. The highest BCUT2D eigenvalue weighted by Gasteiger charge is 2.30. The Bertz CT molecular complexity index is 1270. The molecule has 4 heterocycles. The van der Waals surface area contributed by atoms with Crippen molar-refractivity contribution in [3.63, 3.8) is 0 Å². The third kappa shape index (κ3) is 6.55. The van der Waals surface area contributed by atoms with Crippen LogP contribution in [0, 0.1) is 5.92 Å². The van der Waals surface area contributed by atoms with Gasteiger partial charge in [0.05, 0.1) is 23.9 Å². The maximum atomic E-state index is 15.0. The van der Waals surface area contributed by atoms with Crippen molar-refractivity contribution in [1.82, 2.24) is 19.7 Å². The fraction of sp³-hybridized carbons (Fsp3) is 0.593. The van der Waals surface area contributed by atoms with Crippen LogP contribution in [0.1, 0.15) is 59.7 Å². The smallest absolute Gasteiger partial charge is 0.278 e. The Morgan fingerprint density at radius 2 is 2.16 bits per heavy atom. The quantitative estimate of drug-likeness (QED) is 0.333. The van der Waals surface area contributed by atoms with E-state index in [-0.39, 0.29) is 29.5 Å². The van der Waals surface area contributed by atoms with Crippen molar-refractivity contribution in [3.05, 3.63) is 40.5 Å². The number of ether oxygens (including phenoxy) is 2. The largest absolute Gasteiger partial charge is 0.464 e. The number of fused-ring (bicyclic) bond motifs is 2. The Morgan fingerprint density at radius 3 is 2.92 bits per heavy atom. The molecule has 1 saturated heterocycles. The summed E-state index contributed by atoms with van der Waals surface area (Å²) in [4.78, 5) is 20.0. The van der Waals surface area contributed by atoms with Crippen molar-refractivity contribution in [2.75, 3.05) is 32.8 Å². The summed E-state index contributed by atoms with van der Waals surface area (Å²) in [6.45, 7) is 2.15. The number of benzene rings is 1. The molecule has 2 aromatic heterocycles. The number of nitrogens with zero attached hydrogens (tertiary/aromatic N) is 4. The van der Waals surface area contributed by atoms with E-state index in [9.17, 15) is 18.0 Å². The Kier molecular flexibility index (Phi) is 8.06. The Labute approximate surface area is 223 Å². The molecule has 0 amide bonds. The number of hydrogen-bond donors (Lipinski definition) is 0. The van der Waals surface area contributed by atoms with E-state index < -0.39 is 18.7 Å². The van der Waals surface area contributed by atoms with Gasteiger partial charge in [0.25, 0.3) is 11.1 Å². The van der Waals surface area contributed by atoms with Gasteiger partial charge < -0.3 is 9.47 Å². The zero-order valence-electron chi connectivity index (χ0n) is 21.7. The van der Waals surface area contributed by atoms with Crippen LogP contribution in [-0.4, -0.2) is 70.3 Å². The molecular weight excluding hydrogens is 517 g/mol. The van der Waals surface area contributed by atoms with Gasteiger partial charge in [-0.2, -0.15) is 5.10 Å². The average Bonchev–Trinajstić information content (AvgIpc) is 3.43. The molecule has 38 heavy (non-hydrogen) atoms. The van der Waals surface area contributed by atoms with Crippen LogP contribution in [-0.2, 0) is 18.2 Å². The molecule has 7 nitrogen and oxygen atoms in total. The standard InChI is InChI=1S/C27H33F3N4O3S/c1-27(29,30)16-37-26-31-25-21(28)14-34(11-9-24(25)38-26)10-8-18-7-6-17(15-36-18)12-23(35)19-4-3-5-22-20(19)13-33(2)32-22/h3-5,13,17-18,21H,6-12,14-16H2,1-2H3/t17-,18-,21?/m1/s1. The van der Waals surface area contributed by atoms with Gasteiger partial charge in [0.15, 0.2) is 18.6 Å². The van der Waals surface area contributed by atoms with Crippen molar-refractivity contribution in [2.45, 2.75) is 57.2 Å². The van der Waals surface area contributed by atoms with Gasteiger partial charge in [-0.15, -0.1) is 0 Å². The van der Waals surface area contributed by atoms with E-state index in [1.807, 2.05) is 31.4 Å². The highest BCUT2D eigenvalue weighted by Crippen LogP contribution is 2.35. The van der Waals surface area contributed by atoms with E-state index in [0.717, 1.165) is 53.3 Å². The fourth-order valence-corrected chi connectivity index (χ4v) is 6.18. The summed E-state index contributed by atoms with van der Waals surface area (Å²) in [5, 5.41) is 5.38. The number of halogens is 3. The first-order valence-electron chi connectivity index (χ1n) is 13.1. The van der Waals surface area contributed by atoms with Crippen molar-refractivity contribution in [3.8, 4) is 5.19 Å². The van der Waals surface area contributed by atoms with Crippen LogP contribution >= 0.6 is 11.3 Å². The van der Waals surface area contributed by atoms with Crippen LogP contribution in [0.15, 0.2) is 24.4 Å². The number of aryl methyl sites for hydroxylation is 1. The summed E-state index contributed by atoms with van der Waals surface area (Å²) >= 11 is 1.16. The average molecular weight is 551 g/mol. The van der Waals surface area contributed by atoms with Crippen LogP contribution in [0.5, 0.6) is 5.19 Å². The molecule has 0 radical (unpaired) electrons. The third-order valence-electron chi connectivity index (χ3n) is 7.20. The monoisotopic (exact) mass is 550 g/mol. The second-order valence-electron chi connectivity index (χ2n) is 10.5. The number of ketones is 1. The number of carbonyl (C=O) groups is 1. The van der Waals surface area contributed by atoms with Crippen molar-refractivity contribution < 1.29 is 27.4 Å². The van der Waals surface area contributed by atoms with E-state index in [1.165, 1.54) is 0 Å². The molecule has 206 valence electrons. The molecule has 1 aromatic carbocycles. The molecule has 11 heteroatoms. The van der Waals surface area contributed by atoms with Crippen LogP contribution < -0.4 is 4.74 Å². The number of aromatic nitrogens is 3. The second-order valence-corrected chi connectivity index (χ2v) is 11.6. The van der Waals surface area contributed by atoms with Crippen molar-refractivity contribution >= 4 is 28.0 Å². The second kappa shape index (κ2) is 11.3. The maximum absolute atomic E-state index is 15.0. The predicted molar refractivity (Wildman–Crippen MR) is 139 cm³/mol. The maximum Gasteiger partial charge on any atom is 0.278 e. The number of rotatable bonds is 9. The molecule has 2 aliphatic heterocycles. The predicted octanol–water partition coefficient (Wildman–Crippen LogP) is 5.39. The van der Waals surface area contributed by atoms with E-state index >= 15 is 0 Å². The first kappa shape index (κ1) is 27.1. The van der Waals surface area contributed by atoms with Gasteiger partial charge in [-0.3, -0.25) is 14.4 Å². The molecule has 3 aromatic rings. The number of carbonyl (C=O) groups excluding carboxylic acids is 1. The van der Waals surface area contributed by atoms with Gasteiger partial charge in [0.2, 0.25) is 0 Å². The van der Waals surface area contributed by atoms with E-state index in [0.29, 0.717) is 43.8 Å². The van der Waals surface area contributed by atoms with Gasteiger partial charge in [-0.05, 0) is 37.7 Å². The Morgan fingerprint density at radius 1 is 1.32 bits per heavy atom. The number of thiazole rings is 1. The molecule has 1 unspecified atom stereocenters. The van der Waals surface area contributed by atoms with E-state index in [2.05, 4.69) is 15.0 Å². The molecule has 0 N–H and O–H groups in total. The molecule has 2 aliphatic rings. The van der Waals surface area contributed by atoms with E-state index in [1.54, 1.807) is 4.68 Å². The third-order valence-corrected chi connectivity index (χ3v) is 8.24. The minimum atomic E-state index is -2.96. The minimum absolute atomic E-state index is 0.0901. The first-order valence-corrected chi connectivity index (χ1v) is 13.9. The topological polar surface area (TPSA) is 69.5 Å². The summed E-state index contributed by atoms with van der Waals surface area (Å²) in [5.41, 5.74) is 1.85. The number of hydrogen-bond acceptors (Lipinski definition) is 7. The normalized spacial score (nSPS) is 22.8. The van der Waals surface area contributed by atoms with Crippen LogP contribution in [0.2, 0.25) is 0 Å². The molecule has 5 rings (SSSR count). The lowest BCUT2D eigenvalue weighted by atomic mass is 9.90. The molecular formula is C27H33F3N4O3S. The fourth-order valence-electron chi connectivity index (χ4n) is 5.23. The zero-order chi connectivity index (χ0) is 26.9. The number of alkyl halides is 3. The van der Waals surface area contributed by atoms with Crippen molar-refractivity contribution in [2.24, 2.45) is 13.0 Å². The highest BCUT2D eigenvalue weighted by molar-refractivity contribution is 7.13. The van der Waals surface area contributed by atoms with Gasteiger partial charge in [0, 0.05) is 62.1 Å². The van der Waals surface area contributed by atoms with Gasteiger partial charge in [-0.1, -0.05) is 23.5 Å². The molecule has 0 bridgehead atoms. The van der Waals surface area contributed by atoms with Gasteiger partial charge in [0.1, 0.15) is 0 Å². The Hall–Kier alpha value is -2.50.